The molecule has 1 saturated heterocycles. The second kappa shape index (κ2) is 11.6. The molecule has 0 aromatic heterocycles. The lowest BCUT2D eigenvalue weighted by Crippen LogP contribution is -2.55. The van der Waals surface area contributed by atoms with E-state index in [1.165, 1.54) is 4.90 Å². The van der Waals surface area contributed by atoms with E-state index in [1.807, 2.05) is 0 Å². The number of nitrogens with one attached hydrogen (secondary N) is 1. The number of nitrogens with two attached hydrogens (primary N) is 1. The van der Waals surface area contributed by atoms with Crippen LogP contribution in [0.1, 0.15) is 68.7 Å². The van der Waals surface area contributed by atoms with Crippen molar-refractivity contribution in [3.8, 4) is 0 Å². The van der Waals surface area contributed by atoms with Gasteiger partial charge in [0.1, 0.15) is 0 Å². The molecule has 1 saturated carbocycles. The van der Waals surface area contributed by atoms with Gasteiger partial charge in [-0.1, -0.05) is 19.9 Å². The van der Waals surface area contributed by atoms with Gasteiger partial charge in [-0.3, -0.25) is 9.59 Å². The van der Waals surface area contributed by atoms with Gasteiger partial charge >= 0.3 is 18.3 Å². The number of fused-ring (bicyclic) bond motifs is 1. The lowest BCUT2D eigenvalue weighted by Gasteiger charge is -2.43. The van der Waals surface area contributed by atoms with Crippen LogP contribution in [0.2, 0.25) is 0 Å². The zero-order valence-electron chi connectivity index (χ0n) is 23.1. The first kappa shape index (κ1) is 32.5. The van der Waals surface area contributed by atoms with Crippen molar-refractivity contribution in [2.24, 2.45) is 16.5 Å². The zero-order chi connectivity index (χ0) is 31.3. The normalized spacial score (nSPS) is 25.9. The first-order valence-corrected chi connectivity index (χ1v) is 15.1. The van der Waals surface area contributed by atoms with Crippen LogP contribution in [0.3, 0.4) is 0 Å². The quantitative estimate of drug-likeness (QED) is 0.466. The molecule has 2 aliphatic heterocycles. The Morgan fingerprint density at radius 3 is 2.29 bits per heavy atom. The third-order valence-electron chi connectivity index (χ3n) is 8.71. The molecule has 1 aromatic rings. The minimum Gasteiger partial charge on any atom is -0.381 e. The SMILES string of the molecule is CC(C)[C@]1(C(=O)N2Cc3cc(C(F)(F)F)ccc3C(NS(N)(=O)=O)C2)CC[C@@H](N(C(=O)C(F)(F)F)C2CCOCC2)C1. The van der Waals surface area contributed by atoms with E-state index in [-0.39, 0.29) is 69.5 Å². The van der Waals surface area contributed by atoms with Crippen LogP contribution < -0.4 is 9.86 Å². The number of carbonyl (C=O) groups is 2. The van der Waals surface area contributed by atoms with Gasteiger partial charge < -0.3 is 14.5 Å². The van der Waals surface area contributed by atoms with Gasteiger partial charge in [0.25, 0.3) is 10.2 Å². The van der Waals surface area contributed by atoms with E-state index in [9.17, 15) is 44.3 Å². The standard InChI is InChI=1S/C26H34F6N4O5S/c1-15(2)24(8-5-19(12-24)36(23(38)26(30,31)32)18-6-9-41-10-7-18)22(37)35-13-16-11-17(25(27,28)29)3-4-20(16)21(14-35)34-42(33,39)40/h3-4,11,15,18-19,21,34H,5-10,12-14H2,1-2H3,(H2,33,39,40)/t19-,21?,24+/m1/s1. The molecule has 2 fully saturated rings. The summed E-state index contributed by atoms with van der Waals surface area (Å²) >= 11 is 0. The molecule has 3 atom stereocenters. The monoisotopic (exact) mass is 628 g/mol. The van der Waals surface area contributed by atoms with E-state index in [4.69, 9.17) is 9.88 Å². The molecule has 2 amide bonds. The Balaban J connectivity index is 1.68. The van der Waals surface area contributed by atoms with Gasteiger partial charge in [0.15, 0.2) is 0 Å². The van der Waals surface area contributed by atoms with Crippen LogP contribution in [-0.4, -0.2) is 68.1 Å². The highest BCUT2D eigenvalue weighted by Gasteiger charge is 2.55. The van der Waals surface area contributed by atoms with Crippen molar-refractivity contribution >= 4 is 22.0 Å². The number of amides is 2. The summed E-state index contributed by atoms with van der Waals surface area (Å²) in [7, 11) is -4.33. The molecule has 16 heteroatoms. The largest absolute Gasteiger partial charge is 0.471 e. The molecule has 1 unspecified atom stereocenters. The van der Waals surface area contributed by atoms with Crippen LogP contribution in [0.4, 0.5) is 26.3 Å². The van der Waals surface area contributed by atoms with Crippen LogP contribution in [0.25, 0.3) is 0 Å². The van der Waals surface area contributed by atoms with Crippen molar-refractivity contribution in [3.63, 3.8) is 0 Å². The number of ether oxygens (including phenoxy) is 1. The number of rotatable bonds is 6. The molecule has 1 aliphatic carbocycles. The van der Waals surface area contributed by atoms with Crippen LogP contribution >= 0.6 is 0 Å². The highest BCUT2D eigenvalue weighted by atomic mass is 32.2. The molecule has 0 radical (unpaired) electrons. The second-order valence-electron chi connectivity index (χ2n) is 11.6. The zero-order valence-corrected chi connectivity index (χ0v) is 23.9. The fraction of sp³-hybridized carbons (Fsp3) is 0.692. The number of hydrogen-bond acceptors (Lipinski definition) is 5. The van der Waals surface area contributed by atoms with Gasteiger partial charge in [-0.15, -0.1) is 0 Å². The molecule has 42 heavy (non-hydrogen) atoms. The topological polar surface area (TPSA) is 122 Å². The average molecular weight is 629 g/mol. The minimum atomic E-state index is -5.12. The third-order valence-corrected chi connectivity index (χ3v) is 9.33. The van der Waals surface area contributed by atoms with Crippen LogP contribution in [0.15, 0.2) is 18.2 Å². The van der Waals surface area contributed by atoms with Crippen molar-refractivity contribution < 1.29 is 49.1 Å². The average Bonchev–Trinajstić information content (AvgIpc) is 3.33. The summed E-state index contributed by atoms with van der Waals surface area (Å²) in [5.74, 6) is -2.92. The van der Waals surface area contributed by atoms with Gasteiger partial charge in [-0.2, -0.15) is 39.5 Å². The van der Waals surface area contributed by atoms with Gasteiger partial charge in [-0.05, 0) is 61.3 Å². The van der Waals surface area contributed by atoms with Gasteiger partial charge in [0, 0.05) is 38.4 Å². The lowest BCUT2D eigenvalue weighted by atomic mass is 9.73. The molecule has 1 aromatic carbocycles. The predicted octanol–water partition coefficient (Wildman–Crippen LogP) is 3.65. The molecule has 236 valence electrons. The molecule has 2 heterocycles. The van der Waals surface area contributed by atoms with Gasteiger partial charge in [0.2, 0.25) is 5.91 Å². The molecule has 0 spiro atoms. The van der Waals surface area contributed by atoms with Crippen LogP contribution in [-0.2, 0) is 37.3 Å². The Hall–Kier alpha value is -2.43. The maximum atomic E-state index is 14.2. The van der Waals surface area contributed by atoms with Crippen molar-refractivity contribution in [1.82, 2.24) is 14.5 Å². The van der Waals surface area contributed by atoms with Crippen LogP contribution in [0.5, 0.6) is 0 Å². The molecular formula is C26H34F6N4O5S. The van der Waals surface area contributed by atoms with E-state index in [0.717, 1.165) is 23.1 Å². The Labute approximate surface area is 239 Å². The highest BCUT2D eigenvalue weighted by molar-refractivity contribution is 7.87. The summed E-state index contributed by atoms with van der Waals surface area (Å²) in [4.78, 5) is 28.9. The number of alkyl halides is 6. The van der Waals surface area contributed by atoms with Crippen molar-refractivity contribution in [1.29, 1.82) is 0 Å². The number of hydrogen-bond donors (Lipinski definition) is 2. The fourth-order valence-electron chi connectivity index (χ4n) is 6.61. The summed E-state index contributed by atoms with van der Waals surface area (Å²) in [5.41, 5.74) is -1.94. The van der Waals surface area contributed by atoms with Crippen LogP contribution in [0, 0.1) is 11.3 Å². The summed E-state index contributed by atoms with van der Waals surface area (Å²) in [6, 6.07) is 0.0281. The fourth-order valence-corrected chi connectivity index (χ4v) is 7.21. The predicted molar refractivity (Wildman–Crippen MR) is 137 cm³/mol. The Morgan fingerprint density at radius 2 is 1.74 bits per heavy atom. The smallest absolute Gasteiger partial charge is 0.381 e. The highest BCUT2D eigenvalue weighted by Crippen LogP contribution is 2.49. The molecule has 4 rings (SSSR count). The van der Waals surface area contributed by atoms with Crippen molar-refractivity contribution in [3.05, 3.63) is 34.9 Å². The number of carbonyl (C=O) groups excluding carboxylic acids is 2. The maximum absolute atomic E-state index is 14.2. The summed E-state index contributed by atoms with van der Waals surface area (Å²) in [5, 5.41) is 5.17. The maximum Gasteiger partial charge on any atom is 0.471 e. The van der Waals surface area contributed by atoms with Crippen molar-refractivity contribution in [2.75, 3.05) is 19.8 Å². The third kappa shape index (κ3) is 6.70. The second-order valence-corrected chi connectivity index (χ2v) is 12.9. The molecule has 9 nitrogen and oxygen atoms in total. The van der Waals surface area contributed by atoms with Gasteiger partial charge in [0.05, 0.1) is 17.0 Å². The Kier molecular flexibility index (Phi) is 8.96. The lowest BCUT2D eigenvalue weighted by molar-refractivity contribution is -0.192. The molecule has 3 aliphatic rings. The van der Waals surface area contributed by atoms with E-state index in [1.54, 1.807) is 13.8 Å². The molecule has 0 bridgehead atoms. The van der Waals surface area contributed by atoms with E-state index in [0.29, 0.717) is 0 Å². The van der Waals surface area contributed by atoms with E-state index in [2.05, 4.69) is 4.72 Å². The van der Waals surface area contributed by atoms with E-state index < -0.39 is 69.4 Å². The first-order chi connectivity index (χ1) is 19.3. The molecule has 3 N–H and O–H groups in total. The summed E-state index contributed by atoms with van der Waals surface area (Å²) in [6.07, 6.45) is -9.21. The first-order valence-electron chi connectivity index (χ1n) is 13.6. The Bertz CT molecular complexity index is 1300. The van der Waals surface area contributed by atoms with Crippen molar-refractivity contribution in [2.45, 2.75) is 83.0 Å². The number of nitrogens with zero attached hydrogens (tertiary/aromatic N) is 2. The number of halogens is 6. The summed E-state index contributed by atoms with van der Waals surface area (Å²) < 4.78 is 113. The Morgan fingerprint density at radius 1 is 1.10 bits per heavy atom. The summed E-state index contributed by atoms with van der Waals surface area (Å²) in [6.45, 7) is 3.31. The van der Waals surface area contributed by atoms with E-state index >= 15 is 0 Å². The van der Waals surface area contributed by atoms with Gasteiger partial charge in [-0.25, -0.2) is 5.14 Å². The molecular weight excluding hydrogens is 594 g/mol. The number of benzene rings is 1. The minimum absolute atomic E-state index is 0.0649.